The Morgan fingerprint density at radius 1 is 1.31 bits per heavy atom. The Labute approximate surface area is 85.5 Å². The monoisotopic (exact) mass is 203 g/mol. The Balaban J connectivity index is 1.86. The Bertz CT molecular complexity index is 115. The van der Waals surface area contributed by atoms with Crippen LogP contribution in [-0.4, -0.2) is 35.8 Å². The Morgan fingerprint density at radius 2 is 2.23 bits per heavy atom. The van der Waals surface area contributed by atoms with Crippen LogP contribution >= 0.6 is 11.8 Å². The second-order valence-corrected chi connectivity index (χ2v) is 4.85. The molecule has 13 heavy (non-hydrogen) atoms. The minimum atomic E-state index is 0.342. The number of rotatable bonds is 6. The molecule has 3 heteroatoms. The van der Waals surface area contributed by atoms with Crippen LogP contribution in [-0.2, 0) is 0 Å². The number of thioether (sulfide) groups is 1. The fraction of sp³-hybridized carbons (Fsp3) is 1.00. The Kier molecular flexibility index (Phi) is 6.68. The van der Waals surface area contributed by atoms with E-state index >= 15 is 0 Å². The van der Waals surface area contributed by atoms with Crippen molar-refractivity contribution in [2.45, 2.75) is 38.1 Å². The van der Waals surface area contributed by atoms with Crippen LogP contribution < -0.4 is 5.32 Å². The van der Waals surface area contributed by atoms with Crippen molar-refractivity contribution < 1.29 is 5.11 Å². The fourth-order valence-electron chi connectivity index (χ4n) is 1.66. The van der Waals surface area contributed by atoms with Crippen molar-refractivity contribution in [3.8, 4) is 0 Å². The van der Waals surface area contributed by atoms with Crippen LogP contribution in [0.5, 0.6) is 0 Å². The molecule has 0 radical (unpaired) electrons. The maximum Gasteiger partial charge on any atom is 0.0438 e. The first-order valence-electron chi connectivity index (χ1n) is 5.35. The quantitative estimate of drug-likeness (QED) is 0.644. The third-order valence-corrected chi connectivity index (χ3v) is 3.57. The van der Waals surface area contributed by atoms with Crippen LogP contribution in [0.3, 0.4) is 0 Å². The van der Waals surface area contributed by atoms with Crippen molar-refractivity contribution >= 4 is 11.8 Å². The van der Waals surface area contributed by atoms with Gasteiger partial charge in [-0.1, -0.05) is 6.42 Å². The van der Waals surface area contributed by atoms with Gasteiger partial charge < -0.3 is 10.4 Å². The number of piperidine rings is 1. The number of hydrogen-bond acceptors (Lipinski definition) is 3. The highest BCUT2D eigenvalue weighted by Gasteiger charge is 2.11. The van der Waals surface area contributed by atoms with E-state index < -0.39 is 0 Å². The molecule has 2 N–H and O–H groups in total. The molecule has 78 valence electrons. The zero-order valence-electron chi connectivity index (χ0n) is 8.30. The van der Waals surface area contributed by atoms with Gasteiger partial charge in [-0.15, -0.1) is 0 Å². The van der Waals surface area contributed by atoms with Gasteiger partial charge in [-0.2, -0.15) is 11.8 Å². The van der Waals surface area contributed by atoms with Crippen LogP contribution in [0.1, 0.15) is 32.1 Å². The third kappa shape index (κ3) is 5.55. The Hall–Kier alpha value is 0.270. The average molecular weight is 203 g/mol. The molecule has 1 atom stereocenters. The first-order chi connectivity index (χ1) is 6.43. The van der Waals surface area contributed by atoms with E-state index in [9.17, 15) is 0 Å². The fourth-order valence-corrected chi connectivity index (χ4v) is 2.65. The number of aliphatic hydroxyl groups is 1. The molecule has 1 aliphatic heterocycles. The molecule has 2 nitrogen and oxygen atoms in total. The van der Waals surface area contributed by atoms with Gasteiger partial charge in [-0.05, 0) is 43.7 Å². The van der Waals surface area contributed by atoms with Gasteiger partial charge in [0.05, 0.1) is 0 Å². The number of nitrogens with one attached hydrogen (secondary N) is 1. The van der Waals surface area contributed by atoms with Crippen molar-refractivity contribution in [2.75, 3.05) is 24.7 Å². The lowest BCUT2D eigenvalue weighted by Gasteiger charge is -2.23. The van der Waals surface area contributed by atoms with Gasteiger partial charge >= 0.3 is 0 Å². The third-order valence-electron chi connectivity index (χ3n) is 2.47. The highest BCUT2D eigenvalue weighted by molar-refractivity contribution is 7.99. The van der Waals surface area contributed by atoms with E-state index in [0.717, 1.165) is 18.2 Å². The van der Waals surface area contributed by atoms with Crippen LogP contribution in [0.25, 0.3) is 0 Å². The molecule has 1 fully saturated rings. The number of aliphatic hydroxyl groups excluding tert-OH is 1. The van der Waals surface area contributed by atoms with Gasteiger partial charge in [0.15, 0.2) is 0 Å². The highest BCUT2D eigenvalue weighted by atomic mass is 32.2. The summed E-state index contributed by atoms with van der Waals surface area (Å²) >= 11 is 1.97. The predicted octanol–water partition coefficient (Wildman–Crippen LogP) is 1.63. The number of hydrogen-bond donors (Lipinski definition) is 2. The van der Waals surface area contributed by atoms with Crippen molar-refractivity contribution in [2.24, 2.45) is 0 Å². The molecule has 1 aliphatic rings. The topological polar surface area (TPSA) is 32.3 Å². The van der Waals surface area contributed by atoms with E-state index in [-0.39, 0.29) is 0 Å². The molecule has 0 saturated carbocycles. The maximum atomic E-state index is 8.59. The molecule has 1 unspecified atom stereocenters. The Morgan fingerprint density at radius 3 is 2.92 bits per heavy atom. The smallest absolute Gasteiger partial charge is 0.0438 e. The molecule has 0 spiro atoms. The van der Waals surface area contributed by atoms with Gasteiger partial charge in [-0.3, -0.25) is 0 Å². The zero-order valence-corrected chi connectivity index (χ0v) is 9.11. The molecular formula is C10H21NOS. The summed E-state index contributed by atoms with van der Waals surface area (Å²) in [4.78, 5) is 0. The van der Waals surface area contributed by atoms with Crippen LogP contribution in [0, 0.1) is 0 Å². The molecule has 1 heterocycles. The van der Waals surface area contributed by atoms with Crippen LogP contribution in [0.4, 0.5) is 0 Å². The van der Waals surface area contributed by atoms with Gasteiger partial charge in [-0.25, -0.2) is 0 Å². The second-order valence-electron chi connectivity index (χ2n) is 3.63. The molecule has 0 aromatic carbocycles. The standard InChI is InChI=1S/C10H21NOS/c12-7-3-8-13-9-5-10-4-1-2-6-11-10/h10-12H,1-9H2. The minimum Gasteiger partial charge on any atom is -0.396 e. The first kappa shape index (κ1) is 11.3. The molecule has 1 rings (SSSR count). The summed E-state index contributed by atoms with van der Waals surface area (Å²) in [7, 11) is 0. The van der Waals surface area contributed by atoms with Gasteiger partial charge in [0.25, 0.3) is 0 Å². The minimum absolute atomic E-state index is 0.342. The summed E-state index contributed by atoms with van der Waals surface area (Å²) in [5.74, 6) is 2.36. The SMILES string of the molecule is OCCCSCCC1CCCCN1. The van der Waals surface area contributed by atoms with E-state index in [1.165, 1.54) is 38.0 Å². The summed E-state index contributed by atoms with van der Waals surface area (Å²) < 4.78 is 0. The van der Waals surface area contributed by atoms with Gasteiger partial charge in [0.2, 0.25) is 0 Å². The lowest BCUT2D eigenvalue weighted by Crippen LogP contribution is -2.34. The molecule has 0 bridgehead atoms. The summed E-state index contributed by atoms with van der Waals surface area (Å²) in [6, 6.07) is 0.773. The summed E-state index contributed by atoms with van der Waals surface area (Å²) in [6.45, 7) is 1.56. The van der Waals surface area contributed by atoms with Crippen molar-refractivity contribution in [1.29, 1.82) is 0 Å². The molecule has 0 aromatic heterocycles. The van der Waals surface area contributed by atoms with E-state index in [2.05, 4.69) is 5.32 Å². The second kappa shape index (κ2) is 7.65. The first-order valence-corrected chi connectivity index (χ1v) is 6.51. The van der Waals surface area contributed by atoms with E-state index in [1.54, 1.807) is 0 Å². The molecule has 0 aliphatic carbocycles. The van der Waals surface area contributed by atoms with E-state index in [1.807, 2.05) is 11.8 Å². The van der Waals surface area contributed by atoms with Crippen LogP contribution in [0.15, 0.2) is 0 Å². The van der Waals surface area contributed by atoms with Crippen molar-refractivity contribution in [3.05, 3.63) is 0 Å². The normalized spacial score (nSPS) is 23.3. The lowest BCUT2D eigenvalue weighted by atomic mass is 10.0. The maximum absolute atomic E-state index is 8.59. The molecule has 0 amide bonds. The molecule has 1 saturated heterocycles. The van der Waals surface area contributed by atoms with Crippen molar-refractivity contribution in [3.63, 3.8) is 0 Å². The predicted molar refractivity (Wildman–Crippen MR) is 59.3 cm³/mol. The largest absolute Gasteiger partial charge is 0.396 e. The van der Waals surface area contributed by atoms with Gasteiger partial charge in [0.1, 0.15) is 0 Å². The zero-order chi connectivity index (χ0) is 9.36. The molecule has 0 aromatic rings. The van der Waals surface area contributed by atoms with E-state index in [0.29, 0.717) is 6.61 Å². The lowest BCUT2D eigenvalue weighted by molar-refractivity contribution is 0.296. The van der Waals surface area contributed by atoms with Gasteiger partial charge in [0, 0.05) is 12.6 Å². The van der Waals surface area contributed by atoms with E-state index in [4.69, 9.17) is 5.11 Å². The van der Waals surface area contributed by atoms with Crippen molar-refractivity contribution in [1.82, 2.24) is 5.32 Å². The van der Waals surface area contributed by atoms with Crippen LogP contribution in [0.2, 0.25) is 0 Å². The average Bonchev–Trinajstić information content (AvgIpc) is 2.19. The summed E-state index contributed by atoms with van der Waals surface area (Å²) in [5.41, 5.74) is 0. The molecular weight excluding hydrogens is 182 g/mol. The summed E-state index contributed by atoms with van der Waals surface area (Å²) in [5, 5.41) is 12.1. The highest BCUT2D eigenvalue weighted by Crippen LogP contribution is 2.13. The summed E-state index contributed by atoms with van der Waals surface area (Å²) in [6.07, 6.45) is 6.37.